The van der Waals surface area contributed by atoms with Crippen LogP contribution in [-0.4, -0.2) is 37.1 Å². The van der Waals surface area contributed by atoms with Gasteiger partial charge in [-0.1, -0.05) is 109 Å². The Bertz CT molecular complexity index is 1440. The normalized spacial score (nSPS) is 15.9. The minimum Gasteiger partial charge on any atom is -0.462 e. The molecule has 0 atom stereocenters. The summed E-state index contributed by atoms with van der Waals surface area (Å²) in [5.41, 5.74) is -0.363. The fraction of sp³-hybridized carbons (Fsp3) is 0.529. The molecular weight excluding hydrogens is 749 g/mol. The molecule has 2 aromatic carbocycles. The lowest BCUT2D eigenvalue weighted by Gasteiger charge is -2.41. The van der Waals surface area contributed by atoms with Gasteiger partial charge in [-0.15, -0.1) is 0 Å². The maximum absolute atomic E-state index is 13.1. The minimum atomic E-state index is -1.63. The molecule has 0 amide bonds. The first-order chi connectivity index (χ1) is 22.8. The number of benzene rings is 2. The van der Waals surface area contributed by atoms with Crippen molar-refractivity contribution >= 4 is 93.5 Å². The quantitative estimate of drug-likeness (QED) is 0.0613. The van der Waals surface area contributed by atoms with E-state index in [0.717, 1.165) is 63.5 Å². The summed E-state index contributed by atoms with van der Waals surface area (Å²) in [5.74, 6) is -6.33. The van der Waals surface area contributed by atoms with E-state index in [9.17, 15) is 19.2 Å². The van der Waals surface area contributed by atoms with Gasteiger partial charge in [0.15, 0.2) is 11.5 Å². The number of esters is 4. The smallest absolute Gasteiger partial charge is 0.423 e. The summed E-state index contributed by atoms with van der Waals surface area (Å²) in [5, 5.41) is -1.43. The largest absolute Gasteiger partial charge is 0.462 e. The van der Waals surface area contributed by atoms with Crippen LogP contribution in [0.3, 0.4) is 0 Å². The van der Waals surface area contributed by atoms with E-state index in [0.29, 0.717) is 12.8 Å². The first kappa shape index (κ1) is 38.9. The highest BCUT2D eigenvalue weighted by Crippen LogP contribution is 2.48. The van der Waals surface area contributed by atoms with Crippen molar-refractivity contribution in [2.75, 3.05) is 13.2 Å². The number of ether oxygens (including phenoxy) is 4. The Morgan fingerprint density at radius 3 is 1.25 bits per heavy atom. The van der Waals surface area contributed by atoms with Crippen molar-refractivity contribution in [1.29, 1.82) is 0 Å². The van der Waals surface area contributed by atoms with Crippen molar-refractivity contribution in [3.8, 4) is 11.5 Å². The lowest BCUT2D eigenvalue weighted by atomic mass is 9.64. The summed E-state index contributed by atoms with van der Waals surface area (Å²) in [6.07, 6.45) is 12.0. The molecule has 14 heteroatoms. The second-order valence-corrected chi connectivity index (χ2v) is 14.8. The molecule has 0 heterocycles. The van der Waals surface area contributed by atoms with Gasteiger partial charge in [-0.25, -0.2) is 19.2 Å². The van der Waals surface area contributed by atoms with E-state index in [2.05, 4.69) is 13.8 Å². The third-order valence-corrected chi connectivity index (χ3v) is 11.9. The van der Waals surface area contributed by atoms with Crippen LogP contribution in [-0.2, 0) is 19.1 Å². The average Bonchev–Trinajstić information content (AvgIpc) is 3.00. The Kier molecular flexibility index (Phi) is 13.6. The highest BCUT2D eigenvalue weighted by molar-refractivity contribution is 6.47. The summed E-state index contributed by atoms with van der Waals surface area (Å²) in [6.45, 7) is 4.44. The Balaban J connectivity index is 1.46. The van der Waals surface area contributed by atoms with Crippen LogP contribution in [0, 0.1) is 10.8 Å². The SMILES string of the molecule is CCC1(CCCOC(=O)c2c(Cl)c(Cl)cc(Cl)c2OC(=O)C(=O)Oc2c(Cl)cc(Cl)c(Cl)c2C(=O)OCCCC2(CC)CCC2)CCC1. The van der Waals surface area contributed by atoms with E-state index in [-0.39, 0.29) is 54.2 Å². The van der Waals surface area contributed by atoms with E-state index in [1.54, 1.807) is 0 Å². The maximum atomic E-state index is 13.1. The molecule has 2 aliphatic rings. The zero-order chi connectivity index (χ0) is 35.2. The summed E-state index contributed by atoms with van der Waals surface area (Å²) < 4.78 is 21.2. The molecular formula is C34H36Cl6O8. The van der Waals surface area contributed by atoms with Gasteiger partial charge in [0, 0.05) is 0 Å². The van der Waals surface area contributed by atoms with Crippen LogP contribution in [0.25, 0.3) is 0 Å². The lowest BCUT2D eigenvalue weighted by molar-refractivity contribution is -0.156. The molecule has 0 unspecified atom stereocenters. The highest BCUT2D eigenvalue weighted by atomic mass is 35.5. The molecule has 0 bridgehead atoms. The van der Waals surface area contributed by atoms with Crippen LogP contribution in [0.4, 0.5) is 0 Å². The molecule has 4 rings (SSSR count). The van der Waals surface area contributed by atoms with E-state index < -0.39 is 46.5 Å². The van der Waals surface area contributed by atoms with Crippen LogP contribution in [0.15, 0.2) is 12.1 Å². The molecule has 0 N–H and O–H groups in total. The van der Waals surface area contributed by atoms with Crippen molar-refractivity contribution in [2.24, 2.45) is 10.8 Å². The number of hydrogen-bond acceptors (Lipinski definition) is 8. The standard InChI is InChI=1S/C34H36Cl6O8/c1-3-33(9-5-10-33)13-7-15-45-29(41)23-25(39)19(35)17-21(37)27(23)47-31(43)32(44)48-28-22(38)18-20(36)26(40)24(28)30(42)46-16-8-14-34(4-2)11-6-12-34/h17-18H,3-16H2,1-2H3. The van der Waals surface area contributed by atoms with Gasteiger partial charge in [-0.05, 0) is 74.3 Å². The third kappa shape index (κ3) is 8.85. The van der Waals surface area contributed by atoms with Gasteiger partial charge >= 0.3 is 23.9 Å². The summed E-state index contributed by atoms with van der Waals surface area (Å²) in [7, 11) is 0. The lowest BCUT2D eigenvalue weighted by Crippen LogP contribution is -2.29. The number of halogens is 6. The summed E-state index contributed by atoms with van der Waals surface area (Å²) in [6, 6.07) is 2.27. The fourth-order valence-electron chi connectivity index (χ4n) is 6.27. The van der Waals surface area contributed by atoms with Crippen molar-refractivity contribution in [1.82, 2.24) is 0 Å². The van der Waals surface area contributed by atoms with Crippen LogP contribution in [0.5, 0.6) is 11.5 Å². The first-order valence-corrected chi connectivity index (χ1v) is 18.2. The molecule has 0 saturated heterocycles. The average molecular weight is 785 g/mol. The van der Waals surface area contributed by atoms with Gasteiger partial charge in [-0.2, -0.15) is 0 Å². The zero-order valence-corrected chi connectivity index (χ0v) is 31.1. The molecule has 0 aromatic heterocycles. The van der Waals surface area contributed by atoms with Gasteiger partial charge in [0.05, 0.1) is 43.3 Å². The summed E-state index contributed by atoms with van der Waals surface area (Å²) >= 11 is 37.5. The second kappa shape index (κ2) is 16.8. The molecule has 0 radical (unpaired) electrons. The molecule has 2 fully saturated rings. The van der Waals surface area contributed by atoms with Crippen LogP contribution >= 0.6 is 69.6 Å². The molecule has 0 aliphatic heterocycles. The molecule has 262 valence electrons. The third-order valence-electron chi connectivity index (χ3n) is 9.72. The Morgan fingerprint density at radius 1 is 0.604 bits per heavy atom. The molecule has 2 aromatic rings. The Morgan fingerprint density at radius 2 is 0.958 bits per heavy atom. The molecule has 2 saturated carbocycles. The maximum Gasteiger partial charge on any atom is 0.423 e. The van der Waals surface area contributed by atoms with Gasteiger partial charge in [0.1, 0.15) is 11.1 Å². The highest BCUT2D eigenvalue weighted by Gasteiger charge is 2.36. The number of hydrogen-bond donors (Lipinski definition) is 0. The van der Waals surface area contributed by atoms with Gasteiger partial charge in [0.2, 0.25) is 0 Å². The molecule has 48 heavy (non-hydrogen) atoms. The van der Waals surface area contributed by atoms with Gasteiger partial charge in [0.25, 0.3) is 0 Å². The number of carbonyl (C=O) groups is 4. The predicted octanol–water partition coefficient (Wildman–Crippen LogP) is 11.2. The van der Waals surface area contributed by atoms with E-state index >= 15 is 0 Å². The fourth-order valence-corrected chi connectivity index (χ4v) is 7.71. The van der Waals surface area contributed by atoms with Crippen molar-refractivity contribution in [3.05, 3.63) is 53.4 Å². The van der Waals surface area contributed by atoms with Crippen molar-refractivity contribution < 1.29 is 38.1 Å². The number of rotatable bonds is 14. The number of carbonyl (C=O) groups excluding carboxylic acids is 4. The van der Waals surface area contributed by atoms with Gasteiger partial charge in [-0.3, -0.25) is 0 Å². The molecule has 8 nitrogen and oxygen atoms in total. The Labute approximate surface area is 309 Å². The van der Waals surface area contributed by atoms with Crippen molar-refractivity contribution in [3.63, 3.8) is 0 Å². The van der Waals surface area contributed by atoms with E-state index in [1.807, 2.05) is 0 Å². The topological polar surface area (TPSA) is 105 Å². The van der Waals surface area contributed by atoms with Crippen LogP contribution in [0.2, 0.25) is 30.1 Å². The predicted molar refractivity (Wildman–Crippen MR) is 186 cm³/mol. The van der Waals surface area contributed by atoms with Gasteiger partial charge < -0.3 is 18.9 Å². The minimum absolute atomic E-state index is 0.0741. The second-order valence-electron chi connectivity index (χ2n) is 12.4. The first-order valence-electron chi connectivity index (χ1n) is 15.9. The molecule has 0 spiro atoms. The Hall–Kier alpha value is -1.94. The van der Waals surface area contributed by atoms with E-state index in [4.69, 9.17) is 88.6 Å². The van der Waals surface area contributed by atoms with Crippen molar-refractivity contribution in [2.45, 2.75) is 90.9 Å². The van der Waals surface area contributed by atoms with E-state index in [1.165, 1.54) is 12.8 Å². The van der Waals surface area contributed by atoms with Crippen LogP contribution in [0.1, 0.15) is 112 Å². The summed E-state index contributed by atoms with van der Waals surface area (Å²) in [4.78, 5) is 52.2. The zero-order valence-electron chi connectivity index (χ0n) is 26.6. The van der Waals surface area contributed by atoms with Crippen LogP contribution < -0.4 is 9.47 Å². The monoisotopic (exact) mass is 782 g/mol. The molecule has 2 aliphatic carbocycles.